The number of hydrogen-bond donors (Lipinski definition) is 2. The average molecular weight is 373 g/mol. The quantitative estimate of drug-likeness (QED) is 0.769. The Bertz CT molecular complexity index is 971. The number of rotatable bonds is 4. The van der Waals surface area contributed by atoms with E-state index in [0.29, 0.717) is 11.4 Å². The number of carbonyl (C=O) groups excluding carboxylic acids is 3. The molecule has 8 nitrogen and oxygen atoms in total. The van der Waals surface area contributed by atoms with Crippen LogP contribution >= 0.6 is 0 Å². The number of hydrazine groups is 1. The van der Waals surface area contributed by atoms with Crippen molar-refractivity contribution in [3.63, 3.8) is 0 Å². The maximum atomic E-state index is 12.4. The van der Waals surface area contributed by atoms with E-state index in [-0.39, 0.29) is 4.90 Å². The second kappa shape index (κ2) is 6.60. The Kier molecular flexibility index (Phi) is 4.47. The molecule has 1 unspecified atom stereocenters. The third-order valence-corrected chi connectivity index (χ3v) is 5.27. The van der Waals surface area contributed by atoms with E-state index in [1.165, 1.54) is 36.2 Å². The maximum Gasteiger partial charge on any atom is 0.314 e. The molecule has 1 saturated heterocycles. The lowest BCUT2D eigenvalue weighted by molar-refractivity contribution is -0.147. The van der Waals surface area contributed by atoms with Gasteiger partial charge in [0.2, 0.25) is 5.78 Å². The lowest BCUT2D eigenvalue weighted by atomic mass is 10.1. The predicted molar refractivity (Wildman–Crippen MR) is 93.8 cm³/mol. The molecule has 26 heavy (non-hydrogen) atoms. The summed E-state index contributed by atoms with van der Waals surface area (Å²) >= 11 is 0. The van der Waals surface area contributed by atoms with Crippen LogP contribution in [-0.4, -0.2) is 31.9 Å². The molecular weight excluding hydrogens is 358 g/mol. The molecule has 2 aromatic carbocycles. The van der Waals surface area contributed by atoms with Crippen LogP contribution in [0.3, 0.4) is 0 Å². The summed E-state index contributed by atoms with van der Waals surface area (Å²) in [5.74, 6) is -2.94. The van der Waals surface area contributed by atoms with Crippen LogP contribution in [-0.2, 0) is 24.4 Å². The Morgan fingerprint density at radius 3 is 2.19 bits per heavy atom. The van der Waals surface area contributed by atoms with Crippen molar-refractivity contribution in [1.82, 2.24) is 5.43 Å². The minimum Gasteiger partial charge on any atom is -0.288 e. The summed E-state index contributed by atoms with van der Waals surface area (Å²) in [6.07, 6.45) is 0. The molecule has 1 aliphatic rings. The van der Waals surface area contributed by atoms with Crippen molar-refractivity contribution in [3.8, 4) is 0 Å². The van der Waals surface area contributed by atoms with Crippen LogP contribution in [0.15, 0.2) is 59.5 Å². The summed E-state index contributed by atoms with van der Waals surface area (Å²) in [6, 6.07) is 13.1. The van der Waals surface area contributed by atoms with Gasteiger partial charge in [0.05, 0.1) is 10.6 Å². The standard InChI is InChI=1S/C17H15N3O5S/c1-11-15(21)16(22)17(23)18-20(11)13-7-9-14(10-8-13)26(24,25)19-12-5-3-2-4-6-12/h2-11,19H,1H3,(H,18,23). The maximum absolute atomic E-state index is 12.4. The molecule has 0 saturated carbocycles. The summed E-state index contributed by atoms with van der Waals surface area (Å²) in [5, 5.41) is 1.23. The van der Waals surface area contributed by atoms with Crippen molar-refractivity contribution < 1.29 is 22.8 Å². The number of Topliss-reactive ketones (excluding diaryl/α,β-unsaturated/α-hetero) is 2. The Morgan fingerprint density at radius 2 is 1.58 bits per heavy atom. The summed E-state index contributed by atoms with van der Waals surface area (Å²) in [5.41, 5.74) is 3.13. The van der Waals surface area contributed by atoms with Crippen LogP contribution in [0, 0.1) is 0 Å². The number of benzene rings is 2. The van der Waals surface area contributed by atoms with Crippen molar-refractivity contribution >= 4 is 38.9 Å². The molecule has 1 aliphatic heterocycles. The molecule has 1 amide bonds. The number of nitrogens with one attached hydrogen (secondary N) is 2. The summed E-state index contributed by atoms with van der Waals surface area (Å²) in [6.45, 7) is 1.47. The highest BCUT2D eigenvalue weighted by atomic mass is 32.2. The minimum atomic E-state index is -3.78. The molecule has 0 radical (unpaired) electrons. The van der Waals surface area contributed by atoms with E-state index >= 15 is 0 Å². The van der Waals surface area contributed by atoms with Crippen LogP contribution in [0.1, 0.15) is 6.92 Å². The van der Waals surface area contributed by atoms with E-state index in [1.807, 2.05) is 0 Å². The number of hydrogen-bond acceptors (Lipinski definition) is 6. The molecule has 9 heteroatoms. The van der Waals surface area contributed by atoms with E-state index in [1.54, 1.807) is 30.3 Å². The zero-order valence-corrected chi connectivity index (χ0v) is 14.5. The number of amides is 1. The second-order valence-electron chi connectivity index (χ2n) is 5.65. The van der Waals surface area contributed by atoms with Gasteiger partial charge in [0.15, 0.2) is 0 Å². The van der Waals surface area contributed by atoms with E-state index in [4.69, 9.17) is 0 Å². The van der Waals surface area contributed by atoms with Gasteiger partial charge < -0.3 is 0 Å². The van der Waals surface area contributed by atoms with Crippen LogP contribution in [0.2, 0.25) is 0 Å². The van der Waals surface area contributed by atoms with Gasteiger partial charge in [-0.05, 0) is 43.3 Å². The molecule has 0 bridgehead atoms. The van der Waals surface area contributed by atoms with Gasteiger partial charge in [0, 0.05) is 5.69 Å². The first-order valence-corrected chi connectivity index (χ1v) is 9.14. The van der Waals surface area contributed by atoms with Gasteiger partial charge in [-0.15, -0.1) is 0 Å². The van der Waals surface area contributed by atoms with Gasteiger partial charge in [-0.25, -0.2) is 8.42 Å². The normalized spacial score (nSPS) is 17.8. The van der Waals surface area contributed by atoms with Crippen LogP contribution in [0.5, 0.6) is 0 Å². The fraction of sp³-hybridized carbons (Fsp3) is 0.118. The van der Waals surface area contributed by atoms with Crippen molar-refractivity contribution in [1.29, 1.82) is 0 Å². The number of nitrogens with zero attached hydrogens (tertiary/aromatic N) is 1. The highest BCUT2D eigenvalue weighted by molar-refractivity contribution is 7.92. The molecule has 0 aliphatic carbocycles. The van der Waals surface area contributed by atoms with Crippen molar-refractivity contribution in [2.24, 2.45) is 0 Å². The summed E-state index contributed by atoms with van der Waals surface area (Å²) < 4.78 is 27.3. The summed E-state index contributed by atoms with van der Waals surface area (Å²) in [4.78, 5) is 34.7. The largest absolute Gasteiger partial charge is 0.314 e. The zero-order valence-electron chi connectivity index (χ0n) is 13.7. The van der Waals surface area contributed by atoms with E-state index in [2.05, 4.69) is 10.1 Å². The zero-order chi connectivity index (χ0) is 18.9. The highest BCUT2D eigenvalue weighted by Gasteiger charge is 2.38. The van der Waals surface area contributed by atoms with Gasteiger partial charge >= 0.3 is 5.91 Å². The molecule has 0 spiro atoms. The average Bonchev–Trinajstić information content (AvgIpc) is 2.63. The Hall–Kier alpha value is -3.20. The van der Waals surface area contributed by atoms with Crippen molar-refractivity contribution in [3.05, 3.63) is 54.6 Å². The molecule has 2 aromatic rings. The van der Waals surface area contributed by atoms with Crippen LogP contribution in [0.25, 0.3) is 0 Å². The molecule has 134 valence electrons. The Labute approximate surface area is 149 Å². The fourth-order valence-corrected chi connectivity index (χ4v) is 3.53. The van der Waals surface area contributed by atoms with Gasteiger partial charge in [0.25, 0.3) is 15.8 Å². The topological polar surface area (TPSA) is 113 Å². The first kappa shape index (κ1) is 17.6. The molecular formula is C17H15N3O5S. The third kappa shape index (κ3) is 3.29. The first-order valence-electron chi connectivity index (χ1n) is 7.66. The van der Waals surface area contributed by atoms with Gasteiger partial charge in [-0.1, -0.05) is 18.2 Å². The van der Waals surface area contributed by atoms with Crippen LogP contribution in [0.4, 0.5) is 11.4 Å². The Morgan fingerprint density at radius 1 is 0.962 bits per heavy atom. The summed E-state index contributed by atoms with van der Waals surface area (Å²) in [7, 11) is -3.78. The fourth-order valence-electron chi connectivity index (χ4n) is 2.47. The number of para-hydroxylation sites is 1. The number of ketones is 2. The SMILES string of the molecule is CC1C(=O)C(=O)C(=O)NN1c1ccc(S(=O)(=O)Nc2ccccc2)cc1. The van der Waals surface area contributed by atoms with Gasteiger partial charge in [-0.3, -0.25) is 29.5 Å². The van der Waals surface area contributed by atoms with Crippen molar-refractivity contribution in [2.45, 2.75) is 17.9 Å². The highest BCUT2D eigenvalue weighted by Crippen LogP contribution is 2.22. The molecule has 3 rings (SSSR count). The second-order valence-corrected chi connectivity index (χ2v) is 7.33. The molecule has 1 fully saturated rings. The third-order valence-electron chi connectivity index (χ3n) is 3.87. The Balaban J connectivity index is 1.83. The van der Waals surface area contributed by atoms with E-state index < -0.39 is 33.5 Å². The minimum absolute atomic E-state index is 0.0171. The smallest absolute Gasteiger partial charge is 0.288 e. The van der Waals surface area contributed by atoms with Gasteiger partial charge in [-0.2, -0.15) is 0 Å². The van der Waals surface area contributed by atoms with Crippen molar-refractivity contribution in [2.75, 3.05) is 9.73 Å². The number of carbonyl (C=O) groups is 3. The first-order chi connectivity index (χ1) is 12.3. The van der Waals surface area contributed by atoms with E-state index in [0.717, 1.165) is 0 Å². The predicted octanol–water partition coefficient (Wildman–Crippen LogP) is 0.865. The lowest BCUT2D eigenvalue weighted by Gasteiger charge is -2.33. The molecule has 1 atom stereocenters. The number of anilines is 2. The van der Waals surface area contributed by atoms with Crippen LogP contribution < -0.4 is 15.2 Å². The monoisotopic (exact) mass is 373 g/mol. The van der Waals surface area contributed by atoms with Gasteiger partial charge in [0.1, 0.15) is 6.04 Å². The van der Waals surface area contributed by atoms with E-state index in [9.17, 15) is 22.8 Å². The molecule has 2 N–H and O–H groups in total. The lowest BCUT2D eigenvalue weighted by Crippen LogP contribution is -2.61. The number of sulfonamides is 1. The molecule has 0 aromatic heterocycles. The molecule has 1 heterocycles.